The summed E-state index contributed by atoms with van der Waals surface area (Å²) in [7, 11) is 1.75. The van der Waals surface area contributed by atoms with Gasteiger partial charge in [-0.25, -0.2) is 13.8 Å². The molecule has 2 aromatic rings. The van der Waals surface area contributed by atoms with E-state index < -0.39 is 6.43 Å². The summed E-state index contributed by atoms with van der Waals surface area (Å²) in [5, 5.41) is 3.90. The summed E-state index contributed by atoms with van der Waals surface area (Å²) < 4.78 is 25.8. The molecule has 1 aromatic heterocycles. The van der Waals surface area contributed by atoms with Crippen LogP contribution in [0.2, 0.25) is 0 Å². The molecule has 0 amide bonds. The number of nitrogens with one attached hydrogen (secondary N) is 1. The number of anilines is 2. The fraction of sp³-hybridized carbons (Fsp3) is 0.438. The highest BCUT2D eigenvalue weighted by molar-refractivity contribution is 5.93. The van der Waals surface area contributed by atoms with Gasteiger partial charge in [0.2, 0.25) is 0 Å². The molecule has 0 unspecified atom stereocenters. The molecule has 0 atom stereocenters. The normalized spacial score (nSPS) is 15.7. The summed E-state index contributed by atoms with van der Waals surface area (Å²) in [5.41, 5.74) is 2.27. The van der Waals surface area contributed by atoms with Crippen LogP contribution >= 0.6 is 0 Å². The number of piperidine rings is 1. The Bertz CT molecular complexity index is 637. The maximum atomic E-state index is 12.9. The SMILES string of the molecule is CNc1cc(C(F)F)nc2ccc(N3CCCCC3)cc12. The van der Waals surface area contributed by atoms with Gasteiger partial charge in [0.1, 0.15) is 5.69 Å². The Morgan fingerprint density at radius 2 is 1.90 bits per heavy atom. The zero-order valence-electron chi connectivity index (χ0n) is 12.1. The summed E-state index contributed by atoms with van der Waals surface area (Å²) >= 11 is 0. The molecule has 3 rings (SSSR count). The predicted octanol–water partition coefficient (Wildman–Crippen LogP) is 4.20. The summed E-state index contributed by atoms with van der Waals surface area (Å²) in [4.78, 5) is 6.41. The molecule has 5 heteroatoms. The van der Waals surface area contributed by atoms with Crippen molar-refractivity contribution >= 4 is 22.3 Å². The molecule has 1 aromatic carbocycles. The van der Waals surface area contributed by atoms with Gasteiger partial charge in [-0.3, -0.25) is 0 Å². The summed E-state index contributed by atoms with van der Waals surface area (Å²) in [6, 6.07) is 7.31. The van der Waals surface area contributed by atoms with Crippen LogP contribution in [0, 0.1) is 0 Å². The number of nitrogens with zero attached hydrogens (tertiary/aromatic N) is 2. The fourth-order valence-corrected chi connectivity index (χ4v) is 2.90. The molecule has 0 saturated carbocycles. The van der Waals surface area contributed by atoms with Crippen LogP contribution in [0.1, 0.15) is 31.4 Å². The second kappa shape index (κ2) is 5.84. The standard InChI is InChI=1S/C16H19F2N3/c1-19-14-10-15(16(17)18)20-13-6-5-11(9-12(13)14)21-7-3-2-4-8-21/h5-6,9-10,16H,2-4,7-8H2,1H3,(H,19,20). The monoisotopic (exact) mass is 291 g/mol. The Morgan fingerprint density at radius 3 is 2.57 bits per heavy atom. The van der Waals surface area contributed by atoms with Crippen molar-refractivity contribution in [2.75, 3.05) is 30.4 Å². The Kier molecular flexibility index (Phi) is 3.90. The van der Waals surface area contributed by atoms with Crippen molar-refractivity contribution in [2.24, 2.45) is 0 Å². The van der Waals surface area contributed by atoms with E-state index in [1.165, 1.54) is 25.3 Å². The molecule has 1 aliphatic rings. The average molecular weight is 291 g/mol. The van der Waals surface area contributed by atoms with Gasteiger partial charge in [-0.1, -0.05) is 0 Å². The zero-order valence-corrected chi connectivity index (χ0v) is 12.1. The van der Waals surface area contributed by atoms with Crippen molar-refractivity contribution < 1.29 is 8.78 Å². The first-order valence-electron chi connectivity index (χ1n) is 7.34. The molecule has 21 heavy (non-hydrogen) atoms. The van der Waals surface area contributed by atoms with Gasteiger partial charge in [-0.2, -0.15) is 0 Å². The smallest absolute Gasteiger partial charge is 0.280 e. The first kappa shape index (κ1) is 14.0. The highest BCUT2D eigenvalue weighted by Crippen LogP contribution is 2.31. The van der Waals surface area contributed by atoms with Gasteiger partial charge in [0.15, 0.2) is 0 Å². The largest absolute Gasteiger partial charge is 0.388 e. The van der Waals surface area contributed by atoms with Crippen LogP contribution in [0.3, 0.4) is 0 Å². The number of halogens is 2. The molecule has 0 radical (unpaired) electrons. The fourth-order valence-electron chi connectivity index (χ4n) is 2.90. The summed E-state index contributed by atoms with van der Waals surface area (Å²) in [6.45, 7) is 2.12. The van der Waals surface area contributed by atoms with Crippen molar-refractivity contribution in [1.29, 1.82) is 0 Å². The highest BCUT2D eigenvalue weighted by atomic mass is 19.3. The van der Waals surface area contributed by atoms with E-state index in [2.05, 4.69) is 21.3 Å². The van der Waals surface area contributed by atoms with Crippen LogP contribution in [0.25, 0.3) is 10.9 Å². The predicted molar refractivity (Wildman–Crippen MR) is 82.3 cm³/mol. The van der Waals surface area contributed by atoms with Crippen LogP contribution in [0.5, 0.6) is 0 Å². The minimum Gasteiger partial charge on any atom is -0.388 e. The first-order chi connectivity index (χ1) is 10.2. The van der Waals surface area contributed by atoms with Crippen molar-refractivity contribution in [3.05, 3.63) is 30.0 Å². The molecule has 0 aliphatic carbocycles. The molecule has 1 saturated heterocycles. The molecule has 0 bridgehead atoms. The van der Waals surface area contributed by atoms with E-state index in [9.17, 15) is 8.78 Å². The Labute approximate surface area is 123 Å². The lowest BCUT2D eigenvalue weighted by Gasteiger charge is -2.29. The second-order valence-electron chi connectivity index (χ2n) is 5.39. The molecule has 112 valence electrons. The van der Waals surface area contributed by atoms with Gasteiger partial charge in [0, 0.05) is 36.9 Å². The van der Waals surface area contributed by atoms with Gasteiger partial charge in [0.05, 0.1) is 5.52 Å². The number of rotatable bonds is 3. The first-order valence-corrected chi connectivity index (χ1v) is 7.34. The van der Waals surface area contributed by atoms with Crippen molar-refractivity contribution in [2.45, 2.75) is 25.7 Å². The van der Waals surface area contributed by atoms with E-state index in [1.54, 1.807) is 7.05 Å². The molecular weight excluding hydrogens is 272 g/mol. The van der Waals surface area contributed by atoms with Crippen LogP contribution in [0.15, 0.2) is 24.3 Å². The van der Waals surface area contributed by atoms with E-state index in [0.29, 0.717) is 11.2 Å². The molecule has 2 heterocycles. The molecular formula is C16H19F2N3. The zero-order chi connectivity index (χ0) is 14.8. The maximum Gasteiger partial charge on any atom is 0.280 e. The van der Waals surface area contributed by atoms with E-state index in [4.69, 9.17) is 0 Å². The number of aromatic nitrogens is 1. The van der Waals surface area contributed by atoms with Crippen molar-refractivity contribution in [1.82, 2.24) is 4.98 Å². The van der Waals surface area contributed by atoms with Crippen LogP contribution in [0.4, 0.5) is 20.2 Å². The van der Waals surface area contributed by atoms with Crippen molar-refractivity contribution in [3.8, 4) is 0 Å². The number of pyridine rings is 1. The maximum absolute atomic E-state index is 12.9. The lowest BCUT2D eigenvalue weighted by molar-refractivity contribution is 0.146. The minimum absolute atomic E-state index is 0.183. The number of alkyl halides is 2. The minimum atomic E-state index is -2.55. The van der Waals surface area contributed by atoms with Gasteiger partial charge in [0.25, 0.3) is 6.43 Å². The van der Waals surface area contributed by atoms with Crippen LogP contribution < -0.4 is 10.2 Å². The van der Waals surface area contributed by atoms with E-state index in [-0.39, 0.29) is 5.69 Å². The Balaban J connectivity index is 2.05. The number of hydrogen-bond donors (Lipinski definition) is 1. The van der Waals surface area contributed by atoms with Crippen LogP contribution in [-0.4, -0.2) is 25.1 Å². The molecule has 1 fully saturated rings. The van der Waals surface area contributed by atoms with E-state index in [1.807, 2.05) is 12.1 Å². The third-order valence-electron chi connectivity index (χ3n) is 4.03. The molecule has 1 N–H and O–H groups in total. The van der Waals surface area contributed by atoms with Crippen LogP contribution in [-0.2, 0) is 0 Å². The lowest BCUT2D eigenvalue weighted by Crippen LogP contribution is -2.29. The van der Waals surface area contributed by atoms with Crippen molar-refractivity contribution in [3.63, 3.8) is 0 Å². The Hall–Kier alpha value is -1.91. The quantitative estimate of drug-likeness (QED) is 0.918. The molecule has 3 nitrogen and oxygen atoms in total. The topological polar surface area (TPSA) is 28.2 Å². The van der Waals surface area contributed by atoms with Gasteiger partial charge >= 0.3 is 0 Å². The molecule has 0 spiro atoms. The highest BCUT2D eigenvalue weighted by Gasteiger charge is 2.15. The number of hydrogen-bond acceptors (Lipinski definition) is 3. The Morgan fingerprint density at radius 1 is 1.14 bits per heavy atom. The summed E-state index contributed by atoms with van der Waals surface area (Å²) in [5.74, 6) is 0. The molecule has 1 aliphatic heterocycles. The summed E-state index contributed by atoms with van der Waals surface area (Å²) in [6.07, 6.45) is 1.15. The van der Waals surface area contributed by atoms with Gasteiger partial charge in [-0.05, 0) is 43.5 Å². The third-order valence-corrected chi connectivity index (χ3v) is 4.03. The van der Waals surface area contributed by atoms with E-state index >= 15 is 0 Å². The number of fused-ring (bicyclic) bond motifs is 1. The second-order valence-corrected chi connectivity index (χ2v) is 5.39. The van der Waals surface area contributed by atoms with E-state index in [0.717, 1.165) is 24.2 Å². The average Bonchev–Trinajstić information content (AvgIpc) is 2.54. The van der Waals surface area contributed by atoms with Gasteiger partial charge < -0.3 is 10.2 Å². The number of benzene rings is 1. The third kappa shape index (κ3) is 2.77. The lowest BCUT2D eigenvalue weighted by atomic mass is 10.1. The van der Waals surface area contributed by atoms with Gasteiger partial charge in [-0.15, -0.1) is 0 Å².